The Bertz CT molecular complexity index is 627. The van der Waals surface area contributed by atoms with E-state index in [1.54, 1.807) is 25.1 Å². The predicted molar refractivity (Wildman–Crippen MR) is 77.8 cm³/mol. The van der Waals surface area contributed by atoms with Gasteiger partial charge in [0.05, 0.1) is 12.3 Å². The lowest BCUT2D eigenvalue weighted by atomic mass is 10.2. The van der Waals surface area contributed by atoms with E-state index >= 15 is 0 Å². The SMILES string of the molecule is CCOC(=O)c1sc(-c2cc(Br)ccc2F)cc1N. The summed E-state index contributed by atoms with van der Waals surface area (Å²) in [6.45, 7) is 1.99. The summed E-state index contributed by atoms with van der Waals surface area (Å²) in [6.07, 6.45) is 0. The maximum atomic E-state index is 13.8. The topological polar surface area (TPSA) is 52.3 Å². The Morgan fingerprint density at radius 2 is 2.21 bits per heavy atom. The van der Waals surface area contributed by atoms with Gasteiger partial charge in [0.2, 0.25) is 0 Å². The van der Waals surface area contributed by atoms with Crippen LogP contribution < -0.4 is 5.73 Å². The van der Waals surface area contributed by atoms with Crippen molar-refractivity contribution < 1.29 is 13.9 Å². The molecule has 0 saturated carbocycles. The molecule has 1 aromatic heterocycles. The van der Waals surface area contributed by atoms with Crippen molar-refractivity contribution in [3.8, 4) is 10.4 Å². The first kappa shape index (κ1) is 14.0. The minimum absolute atomic E-state index is 0.275. The molecule has 100 valence electrons. The molecular weight excluding hydrogens is 333 g/mol. The molecule has 0 aliphatic carbocycles. The summed E-state index contributed by atoms with van der Waals surface area (Å²) >= 11 is 4.41. The molecule has 0 atom stereocenters. The van der Waals surface area contributed by atoms with Gasteiger partial charge >= 0.3 is 5.97 Å². The molecule has 0 spiro atoms. The van der Waals surface area contributed by atoms with Crippen molar-refractivity contribution in [3.05, 3.63) is 39.4 Å². The van der Waals surface area contributed by atoms with E-state index in [9.17, 15) is 9.18 Å². The van der Waals surface area contributed by atoms with Crippen molar-refractivity contribution in [2.75, 3.05) is 12.3 Å². The Balaban J connectivity index is 2.44. The zero-order valence-electron chi connectivity index (χ0n) is 10.1. The number of rotatable bonds is 3. The number of ether oxygens (including phenoxy) is 1. The van der Waals surface area contributed by atoms with Crippen molar-refractivity contribution in [2.24, 2.45) is 0 Å². The minimum Gasteiger partial charge on any atom is -0.462 e. The van der Waals surface area contributed by atoms with Gasteiger partial charge in [0, 0.05) is 14.9 Å². The van der Waals surface area contributed by atoms with Crippen LogP contribution in [-0.4, -0.2) is 12.6 Å². The Morgan fingerprint density at radius 1 is 1.47 bits per heavy atom. The first-order valence-electron chi connectivity index (χ1n) is 5.54. The van der Waals surface area contributed by atoms with Crippen LogP contribution in [0.3, 0.4) is 0 Å². The van der Waals surface area contributed by atoms with Crippen LogP contribution in [0.4, 0.5) is 10.1 Å². The van der Waals surface area contributed by atoms with Gasteiger partial charge in [0.15, 0.2) is 0 Å². The quantitative estimate of drug-likeness (QED) is 0.854. The van der Waals surface area contributed by atoms with E-state index in [1.165, 1.54) is 6.07 Å². The molecule has 2 aromatic rings. The van der Waals surface area contributed by atoms with Crippen molar-refractivity contribution in [1.29, 1.82) is 0 Å². The third-order valence-electron chi connectivity index (χ3n) is 2.42. The summed E-state index contributed by atoms with van der Waals surface area (Å²) in [5.74, 6) is -0.841. The highest BCUT2D eigenvalue weighted by atomic mass is 79.9. The number of halogens is 2. The lowest BCUT2D eigenvalue weighted by Gasteiger charge is -2.00. The van der Waals surface area contributed by atoms with Gasteiger partial charge in [-0.05, 0) is 31.2 Å². The van der Waals surface area contributed by atoms with Crippen molar-refractivity contribution in [2.45, 2.75) is 6.92 Å². The Labute approximate surface area is 122 Å². The molecule has 0 amide bonds. The van der Waals surface area contributed by atoms with E-state index in [1.807, 2.05) is 0 Å². The highest BCUT2D eigenvalue weighted by Crippen LogP contribution is 2.36. The predicted octanol–water partition coefficient (Wildman–Crippen LogP) is 4.08. The van der Waals surface area contributed by atoms with Crippen LogP contribution in [0, 0.1) is 5.82 Å². The number of carbonyl (C=O) groups excluding carboxylic acids is 1. The van der Waals surface area contributed by atoms with Gasteiger partial charge in [-0.1, -0.05) is 15.9 Å². The van der Waals surface area contributed by atoms with Gasteiger partial charge in [-0.15, -0.1) is 11.3 Å². The second-order valence-corrected chi connectivity index (χ2v) is 5.71. The summed E-state index contributed by atoms with van der Waals surface area (Å²) in [4.78, 5) is 12.6. The molecule has 0 bridgehead atoms. The van der Waals surface area contributed by atoms with Gasteiger partial charge < -0.3 is 10.5 Å². The van der Waals surface area contributed by atoms with E-state index in [-0.39, 0.29) is 12.4 Å². The van der Waals surface area contributed by atoms with Crippen LogP contribution in [0.2, 0.25) is 0 Å². The van der Waals surface area contributed by atoms with Crippen LogP contribution in [-0.2, 0) is 4.74 Å². The summed E-state index contributed by atoms with van der Waals surface area (Å²) in [5, 5.41) is 0. The number of nitrogens with two attached hydrogens (primary N) is 1. The molecule has 0 fully saturated rings. The van der Waals surface area contributed by atoms with Crippen molar-refractivity contribution in [1.82, 2.24) is 0 Å². The molecule has 2 rings (SSSR count). The molecule has 0 saturated heterocycles. The normalized spacial score (nSPS) is 10.5. The first-order valence-corrected chi connectivity index (χ1v) is 7.15. The molecule has 1 heterocycles. The molecule has 19 heavy (non-hydrogen) atoms. The monoisotopic (exact) mass is 343 g/mol. The minimum atomic E-state index is -0.480. The lowest BCUT2D eigenvalue weighted by Crippen LogP contribution is -2.04. The smallest absolute Gasteiger partial charge is 0.350 e. The zero-order chi connectivity index (χ0) is 14.0. The average molecular weight is 344 g/mol. The maximum Gasteiger partial charge on any atom is 0.350 e. The van der Waals surface area contributed by atoms with Gasteiger partial charge in [0.1, 0.15) is 10.7 Å². The fraction of sp³-hybridized carbons (Fsp3) is 0.154. The summed E-state index contributed by atoms with van der Waals surface area (Å²) in [6, 6.07) is 6.21. The van der Waals surface area contributed by atoms with Crippen LogP contribution in [0.25, 0.3) is 10.4 Å². The van der Waals surface area contributed by atoms with Crippen LogP contribution in [0.5, 0.6) is 0 Å². The second kappa shape index (κ2) is 5.71. The van der Waals surface area contributed by atoms with Gasteiger partial charge in [-0.2, -0.15) is 0 Å². The summed E-state index contributed by atoms with van der Waals surface area (Å²) in [5.41, 5.74) is 6.48. The third-order valence-corrected chi connectivity index (χ3v) is 4.07. The van der Waals surface area contributed by atoms with Crippen LogP contribution in [0.1, 0.15) is 16.6 Å². The molecule has 2 N–H and O–H groups in total. The van der Waals surface area contributed by atoms with E-state index in [4.69, 9.17) is 10.5 Å². The second-order valence-electron chi connectivity index (χ2n) is 3.74. The van der Waals surface area contributed by atoms with E-state index in [0.29, 0.717) is 21.0 Å². The largest absolute Gasteiger partial charge is 0.462 e. The molecule has 3 nitrogen and oxygen atoms in total. The van der Waals surface area contributed by atoms with E-state index in [2.05, 4.69) is 15.9 Å². The Morgan fingerprint density at radius 3 is 2.89 bits per heavy atom. The zero-order valence-corrected chi connectivity index (χ0v) is 12.5. The number of hydrogen-bond donors (Lipinski definition) is 1. The average Bonchev–Trinajstić information content (AvgIpc) is 2.74. The number of thiophene rings is 1. The summed E-state index contributed by atoms with van der Waals surface area (Å²) in [7, 11) is 0. The van der Waals surface area contributed by atoms with E-state index < -0.39 is 5.97 Å². The van der Waals surface area contributed by atoms with Gasteiger partial charge in [-0.25, -0.2) is 9.18 Å². The van der Waals surface area contributed by atoms with Crippen LogP contribution >= 0.6 is 27.3 Å². The lowest BCUT2D eigenvalue weighted by molar-refractivity contribution is 0.0533. The fourth-order valence-electron chi connectivity index (χ4n) is 1.58. The fourth-order valence-corrected chi connectivity index (χ4v) is 2.93. The Hall–Kier alpha value is -1.40. The highest BCUT2D eigenvalue weighted by Gasteiger charge is 2.18. The summed E-state index contributed by atoms with van der Waals surface area (Å²) < 4.78 is 19.4. The van der Waals surface area contributed by atoms with Crippen molar-refractivity contribution >= 4 is 38.9 Å². The molecule has 6 heteroatoms. The highest BCUT2D eigenvalue weighted by molar-refractivity contribution is 9.10. The number of anilines is 1. The molecular formula is C13H11BrFNO2S. The number of hydrogen-bond acceptors (Lipinski definition) is 4. The molecule has 1 aromatic carbocycles. The van der Waals surface area contributed by atoms with Gasteiger partial charge in [-0.3, -0.25) is 0 Å². The van der Waals surface area contributed by atoms with Crippen LogP contribution in [0.15, 0.2) is 28.7 Å². The first-order chi connectivity index (χ1) is 9.02. The number of esters is 1. The number of carbonyl (C=O) groups is 1. The molecule has 0 aliphatic heterocycles. The van der Waals surface area contributed by atoms with E-state index in [0.717, 1.165) is 15.8 Å². The number of nitrogen functional groups attached to an aromatic ring is 1. The number of benzene rings is 1. The Kier molecular flexibility index (Phi) is 4.21. The molecule has 0 unspecified atom stereocenters. The molecule has 0 aliphatic rings. The van der Waals surface area contributed by atoms with Gasteiger partial charge in [0.25, 0.3) is 0 Å². The third kappa shape index (κ3) is 2.96. The molecule has 0 radical (unpaired) electrons. The van der Waals surface area contributed by atoms with Crippen molar-refractivity contribution in [3.63, 3.8) is 0 Å². The standard InChI is InChI=1S/C13H11BrFNO2S/c1-2-18-13(17)12-10(16)6-11(19-12)8-5-7(14)3-4-9(8)15/h3-6H,2,16H2,1H3. The maximum absolute atomic E-state index is 13.8.